The SMILES string of the molecule is CCOc1ccc(Nc2ccnc(C(=O)Nc3ccc(Cl)cc3C)c2)cc1. The fourth-order valence-electron chi connectivity index (χ4n) is 2.55. The standard InChI is InChI=1S/C21H20ClN3O2/c1-3-27-18-7-5-16(6-8-18)24-17-10-11-23-20(13-17)21(26)25-19-9-4-15(22)12-14(19)2/h4-13H,3H2,1-2H3,(H,23,24)(H,25,26). The minimum atomic E-state index is -0.282. The number of hydrogen-bond donors (Lipinski definition) is 2. The topological polar surface area (TPSA) is 63.2 Å². The third-order valence-electron chi connectivity index (χ3n) is 3.88. The second-order valence-corrected chi connectivity index (χ2v) is 6.36. The molecule has 2 N–H and O–H groups in total. The smallest absolute Gasteiger partial charge is 0.274 e. The van der Waals surface area contributed by atoms with Crippen LogP contribution in [0.25, 0.3) is 0 Å². The number of anilines is 3. The van der Waals surface area contributed by atoms with Crippen LogP contribution in [-0.4, -0.2) is 17.5 Å². The van der Waals surface area contributed by atoms with Gasteiger partial charge in [-0.2, -0.15) is 0 Å². The van der Waals surface area contributed by atoms with Crippen molar-refractivity contribution in [2.45, 2.75) is 13.8 Å². The number of benzene rings is 2. The van der Waals surface area contributed by atoms with Gasteiger partial charge in [0.1, 0.15) is 11.4 Å². The number of carbonyl (C=O) groups excluding carboxylic acids is 1. The molecule has 1 heterocycles. The molecule has 0 bridgehead atoms. The van der Waals surface area contributed by atoms with E-state index in [0.717, 1.165) is 22.7 Å². The van der Waals surface area contributed by atoms with Crippen LogP contribution in [0.5, 0.6) is 5.75 Å². The molecule has 27 heavy (non-hydrogen) atoms. The maximum Gasteiger partial charge on any atom is 0.274 e. The lowest BCUT2D eigenvalue weighted by Crippen LogP contribution is -2.14. The van der Waals surface area contributed by atoms with Crippen molar-refractivity contribution in [3.63, 3.8) is 0 Å². The molecule has 0 aliphatic heterocycles. The summed E-state index contributed by atoms with van der Waals surface area (Å²) in [5.41, 5.74) is 3.58. The summed E-state index contributed by atoms with van der Waals surface area (Å²) in [6.45, 7) is 4.46. The lowest BCUT2D eigenvalue weighted by Gasteiger charge is -2.11. The van der Waals surface area contributed by atoms with Crippen LogP contribution < -0.4 is 15.4 Å². The Morgan fingerprint density at radius 1 is 1.07 bits per heavy atom. The van der Waals surface area contributed by atoms with Crippen molar-refractivity contribution in [3.8, 4) is 5.75 Å². The molecular weight excluding hydrogens is 362 g/mol. The molecule has 2 aromatic carbocycles. The number of pyridine rings is 1. The predicted octanol–water partition coefficient (Wildman–Crippen LogP) is 5.44. The number of nitrogens with one attached hydrogen (secondary N) is 2. The second kappa shape index (κ2) is 8.56. The summed E-state index contributed by atoms with van der Waals surface area (Å²) < 4.78 is 5.44. The van der Waals surface area contributed by atoms with Gasteiger partial charge in [0.05, 0.1) is 6.61 Å². The first kappa shape index (κ1) is 18.7. The van der Waals surface area contributed by atoms with Crippen molar-refractivity contribution in [2.24, 2.45) is 0 Å². The third kappa shape index (κ3) is 4.99. The molecule has 0 radical (unpaired) electrons. The van der Waals surface area contributed by atoms with Crippen molar-refractivity contribution < 1.29 is 9.53 Å². The number of carbonyl (C=O) groups is 1. The quantitative estimate of drug-likeness (QED) is 0.597. The number of aromatic nitrogens is 1. The number of amides is 1. The van der Waals surface area contributed by atoms with Gasteiger partial charge in [-0.1, -0.05) is 11.6 Å². The van der Waals surface area contributed by atoms with E-state index in [-0.39, 0.29) is 5.91 Å². The Hall–Kier alpha value is -3.05. The van der Waals surface area contributed by atoms with Gasteiger partial charge in [-0.15, -0.1) is 0 Å². The molecule has 5 nitrogen and oxygen atoms in total. The molecule has 3 aromatic rings. The first-order valence-electron chi connectivity index (χ1n) is 8.58. The highest BCUT2D eigenvalue weighted by molar-refractivity contribution is 6.30. The van der Waals surface area contributed by atoms with Crippen molar-refractivity contribution in [1.82, 2.24) is 4.98 Å². The van der Waals surface area contributed by atoms with Crippen LogP contribution in [0, 0.1) is 6.92 Å². The minimum absolute atomic E-state index is 0.282. The molecule has 0 spiro atoms. The second-order valence-electron chi connectivity index (χ2n) is 5.93. The van der Waals surface area contributed by atoms with Gasteiger partial charge in [0, 0.05) is 28.3 Å². The molecule has 0 saturated heterocycles. The van der Waals surface area contributed by atoms with E-state index >= 15 is 0 Å². The highest BCUT2D eigenvalue weighted by Gasteiger charge is 2.10. The van der Waals surface area contributed by atoms with Crippen molar-refractivity contribution in [1.29, 1.82) is 0 Å². The molecule has 0 aliphatic rings. The average Bonchev–Trinajstić information content (AvgIpc) is 2.66. The lowest BCUT2D eigenvalue weighted by molar-refractivity contribution is 0.102. The van der Waals surface area contributed by atoms with Gasteiger partial charge in [0.15, 0.2) is 0 Å². The number of nitrogens with zero attached hydrogens (tertiary/aromatic N) is 1. The first-order chi connectivity index (χ1) is 13.0. The Bertz CT molecular complexity index is 942. The largest absolute Gasteiger partial charge is 0.494 e. The van der Waals surface area contributed by atoms with E-state index in [1.807, 2.05) is 38.1 Å². The van der Waals surface area contributed by atoms with Crippen molar-refractivity contribution in [3.05, 3.63) is 77.1 Å². The normalized spacial score (nSPS) is 10.3. The van der Waals surface area contributed by atoms with E-state index in [4.69, 9.17) is 16.3 Å². The Morgan fingerprint density at radius 3 is 2.56 bits per heavy atom. The highest BCUT2D eigenvalue weighted by atomic mass is 35.5. The lowest BCUT2D eigenvalue weighted by atomic mass is 10.2. The fraction of sp³-hybridized carbons (Fsp3) is 0.143. The molecule has 0 fully saturated rings. The van der Waals surface area contributed by atoms with Gasteiger partial charge < -0.3 is 15.4 Å². The zero-order chi connectivity index (χ0) is 19.2. The molecule has 0 saturated carbocycles. The number of halogens is 1. The summed E-state index contributed by atoms with van der Waals surface area (Å²) in [7, 11) is 0. The van der Waals surface area contributed by atoms with E-state index in [1.165, 1.54) is 0 Å². The fourth-order valence-corrected chi connectivity index (χ4v) is 2.78. The van der Waals surface area contributed by atoms with Crippen LogP contribution in [-0.2, 0) is 0 Å². The number of aryl methyl sites for hydroxylation is 1. The Balaban J connectivity index is 1.71. The van der Waals surface area contributed by atoms with Gasteiger partial charge in [-0.3, -0.25) is 9.78 Å². The molecule has 3 rings (SSSR count). The van der Waals surface area contributed by atoms with Gasteiger partial charge in [-0.25, -0.2) is 0 Å². The first-order valence-corrected chi connectivity index (χ1v) is 8.96. The number of ether oxygens (including phenoxy) is 1. The minimum Gasteiger partial charge on any atom is -0.494 e. The van der Waals surface area contributed by atoms with Crippen LogP contribution in [0.15, 0.2) is 60.8 Å². The molecular formula is C21H20ClN3O2. The highest BCUT2D eigenvalue weighted by Crippen LogP contribution is 2.22. The van der Waals surface area contributed by atoms with Crippen LogP contribution in [0.2, 0.25) is 5.02 Å². The maximum absolute atomic E-state index is 12.5. The van der Waals surface area contributed by atoms with Crippen LogP contribution in [0.4, 0.5) is 17.1 Å². The zero-order valence-electron chi connectivity index (χ0n) is 15.1. The van der Waals surface area contributed by atoms with Gasteiger partial charge in [0.25, 0.3) is 5.91 Å². The van der Waals surface area contributed by atoms with E-state index in [0.29, 0.717) is 23.0 Å². The molecule has 0 atom stereocenters. The van der Waals surface area contributed by atoms with Crippen LogP contribution >= 0.6 is 11.6 Å². The monoisotopic (exact) mass is 381 g/mol. The van der Waals surface area contributed by atoms with Crippen molar-refractivity contribution in [2.75, 3.05) is 17.2 Å². The summed E-state index contributed by atoms with van der Waals surface area (Å²) in [5, 5.41) is 6.75. The molecule has 1 aromatic heterocycles. The van der Waals surface area contributed by atoms with Gasteiger partial charge in [0.2, 0.25) is 0 Å². The molecule has 138 valence electrons. The molecule has 0 unspecified atom stereocenters. The number of rotatable bonds is 6. The summed E-state index contributed by atoms with van der Waals surface area (Å²) in [6.07, 6.45) is 1.60. The van der Waals surface area contributed by atoms with Crippen molar-refractivity contribution >= 4 is 34.6 Å². The summed E-state index contributed by atoms with van der Waals surface area (Å²) in [4.78, 5) is 16.7. The maximum atomic E-state index is 12.5. The van der Waals surface area contributed by atoms with Gasteiger partial charge >= 0.3 is 0 Å². The van der Waals surface area contributed by atoms with Crippen LogP contribution in [0.1, 0.15) is 23.0 Å². The molecule has 6 heteroatoms. The van der Waals surface area contributed by atoms with E-state index < -0.39 is 0 Å². The Morgan fingerprint density at radius 2 is 1.85 bits per heavy atom. The van der Waals surface area contributed by atoms with E-state index in [2.05, 4.69) is 15.6 Å². The summed E-state index contributed by atoms with van der Waals surface area (Å²) in [5.74, 6) is 0.534. The number of hydrogen-bond acceptors (Lipinski definition) is 4. The molecule has 0 aliphatic carbocycles. The van der Waals surface area contributed by atoms with Crippen LogP contribution in [0.3, 0.4) is 0 Å². The predicted molar refractivity (Wildman–Crippen MR) is 109 cm³/mol. The average molecular weight is 382 g/mol. The van der Waals surface area contributed by atoms with E-state index in [1.54, 1.807) is 36.5 Å². The summed E-state index contributed by atoms with van der Waals surface area (Å²) >= 11 is 5.95. The summed E-state index contributed by atoms with van der Waals surface area (Å²) in [6, 6.07) is 16.4. The van der Waals surface area contributed by atoms with Gasteiger partial charge in [-0.05, 0) is 74.0 Å². The Labute approximate surface area is 163 Å². The molecule has 1 amide bonds. The zero-order valence-corrected chi connectivity index (χ0v) is 15.9. The third-order valence-corrected chi connectivity index (χ3v) is 4.12. The van der Waals surface area contributed by atoms with E-state index in [9.17, 15) is 4.79 Å². The Kier molecular flexibility index (Phi) is 5.94.